The number of nitrogens with zero attached hydrogens (tertiary/aromatic N) is 1. The van der Waals surface area contributed by atoms with Crippen molar-refractivity contribution in [3.05, 3.63) is 0 Å². The zero-order chi connectivity index (χ0) is 13.9. The summed E-state index contributed by atoms with van der Waals surface area (Å²) in [5.74, 6) is 0.363. The van der Waals surface area contributed by atoms with Gasteiger partial charge in [-0.05, 0) is 45.1 Å². The molecule has 0 bridgehead atoms. The Labute approximate surface area is 121 Å². The van der Waals surface area contributed by atoms with Gasteiger partial charge in [-0.2, -0.15) is 0 Å². The third-order valence-corrected chi connectivity index (χ3v) is 5.11. The predicted molar refractivity (Wildman–Crippen MR) is 77.3 cm³/mol. The minimum atomic E-state index is 0.165. The summed E-state index contributed by atoms with van der Waals surface area (Å²) in [6, 6.07) is 0.926. The van der Waals surface area contributed by atoms with Gasteiger partial charge < -0.3 is 15.8 Å². The van der Waals surface area contributed by atoms with E-state index in [9.17, 15) is 4.79 Å². The van der Waals surface area contributed by atoms with Crippen molar-refractivity contribution in [2.24, 2.45) is 11.7 Å². The van der Waals surface area contributed by atoms with Gasteiger partial charge >= 0.3 is 0 Å². The van der Waals surface area contributed by atoms with Crippen molar-refractivity contribution in [3.8, 4) is 0 Å². The van der Waals surface area contributed by atoms with Crippen molar-refractivity contribution >= 4 is 5.91 Å². The molecule has 3 aliphatic rings. The van der Waals surface area contributed by atoms with Crippen LogP contribution in [0.5, 0.6) is 0 Å². The van der Waals surface area contributed by atoms with Crippen LogP contribution in [-0.4, -0.2) is 55.2 Å². The molecule has 114 valence electrons. The molecule has 0 aromatic heterocycles. The molecule has 1 amide bonds. The van der Waals surface area contributed by atoms with Crippen LogP contribution in [0, 0.1) is 5.92 Å². The SMILES string of the molecule is NC1CCC(C(=O)NCC2CN3CCCC3CO2)CC1. The van der Waals surface area contributed by atoms with Gasteiger partial charge in [0.1, 0.15) is 0 Å². The van der Waals surface area contributed by atoms with Crippen LogP contribution >= 0.6 is 0 Å². The van der Waals surface area contributed by atoms with E-state index in [1.54, 1.807) is 0 Å². The van der Waals surface area contributed by atoms with Gasteiger partial charge in [0.05, 0.1) is 12.7 Å². The number of amides is 1. The third kappa shape index (κ3) is 3.32. The highest BCUT2D eigenvalue weighted by Gasteiger charge is 2.32. The van der Waals surface area contributed by atoms with Crippen molar-refractivity contribution < 1.29 is 9.53 Å². The van der Waals surface area contributed by atoms with E-state index < -0.39 is 0 Å². The smallest absolute Gasteiger partial charge is 0.223 e. The maximum absolute atomic E-state index is 12.2. The van der Waals surface area contributed by atoms with Crippen molar-refractivity contribution in [2.75, 3.05) is 26.2 Å². The molecule has 3 rings (SSSR count). The van der Waals surface area contributed by atoms with Gasteiger partial charge in [0.15, 0.2) is 0 Å². The fourth-order valence-corrected chi connectivity index (χ4v) is 3.75. The molecule has 5 heteroatoms. The number of nitrogens with two attached hydrogens (primary N) is 1. The molecule has 2 saturated heterocycles. The lowest BCUT2D eigenvalue weighted by atomic mass is 9.86. The molecule has 0 aromatic rings. The van der Waals surface area contributed by atoms with E-state index in [0.717, 1.165) is 38.8 Å². The molecule has 5 nitrogen and oxygen atoms in total. The number of morpholine rings is 1. The number of ether oxygens (including phenoxy) is 1. The minimum absolute atomic E-state index is 0.165. The second kappa shape index (κ2) is 6.41. The van der Waals surface area contributed by atoms with Crippen LogP contribution in [-0.2, 0) is 9.53 Å². The van der Waals surface area contributed by atoms with Gasteiger partial charge in [-0.3, -0.25) is 9.69 Å². The Morgan fingerprint density at radius 3 is 2.85 bits per heavy atom. The van der Waals surface area contributed by atoms with E-state index in [2.05, 4.69) is 10.2 Å². The van der Waals surface area contributed by atoms with Gasteiger partial charge in [0, 0.05) is 31.1 Å². The van der Waals surface area contributed by atoms with Crippen molar-refractivity contribution in [1.29, 1.82) is 0 Å². The molecule has 0 aromatic carbocycles. The average Bonchev–Trinajstić information content (AvgIpc) is 2.93. The topological polar surface area (TPSA) is 67.6 Å². The zero-order valence-electron chi connectivity index (χ0n) is 12.2. The predicted octanol–water partition coefficient (Wildman–Crippen LogP) is 0.483. The van der Waals surface area contributed by atoms with Crippen LogP contribution in [0.2, 0.25) is 0 Å². The molecule has 2 aliphatic heterocycles. The molecule has 0 radical (unpaired) electrons. The lowest BCUT2D eigenvalue weighted by Gasteiger charge is -2.35. The van der Waals surface area contributed by atoms with Crippen molar-refractivity contribution in [1.82, 2.24) is 10.2 Å². The Morgan fingerprint density at radius 2 is 2.05 bits per heavy atom. The first-order chi connectivity index (χ1) is 9.72. The first-order valence-electron chi connectivity index (χ1n) is 8.11. The first kappa shape index (κ1) is 14.3. The Morgan fingerprint density at radius 1 is 1.25 bits per heavy atom. The summed E-state index contributed by atoms with van der Waals surface area (Å²) in [5, 5.41) is 3.09. The number of hydrogen-bond donors (Lipinski definition) is 2. The average molecular weight is 281 g/mol. The Balaban J connectivity index is 1.39. The number of hydrogen-bond acceptors (Lipinski definition) is 4. The highest BCUT2D eigenvalue weighted by molar-refractivity contribution is 5.78. The quantitative estimate of drug-likeness (QED) is 0.790. The monoisotopic (exact) mass is 281 g/mol. The van der Waals surface area contributed by atoms with E-state index in [0.29, 0.717) is 18.6 Å². The molecular formula is C15H27N3O2. The number of nitrogens with one attached hydrogen (secondary N) is 1. The number of carbonyl (C=O) groups is 1. The van der Waals surface area contributed by atoms with Gasteiger partial charge in [-0.25, -0.2) is 0 Å². The summed E-state index contributed by atoms with van der Waals surface area (Å²) in [6.45, 7) is 3.66. The van der Waals surface area contributed by atoms with Crippen molar-refractivity contribution in [2.45, 2.75) is 56.7 Å². The highest BCUT2D eigenvalue weighted by atomic mass is 16.5. The fourth-order valence-electron chi connectivity index (χ4n) is 3.75. The van der Waals surface area contributed by atoms with E-state index >= 15 is 0 Å². The van der Waals surface area contributed by atoms with Crippen LogP contribution in [0.3, 0.4) is 0 Å². The van der Waals surface area contributed by atoms with Crippen LogP contribution in [0.1, 0.15) is 38.5 Å². The Hall–Kier alpha value is -0.650. The van der Waals surface area contributed by atoms with E-state index in [-0.39, 0.29) is 17.9 Å². The number of rotatable bonds is 3. The van der Waals surface area contributed by atoms with Gasteiger partial charge in [-0.15, -0.1) is 0 Å². The fraction of sp³-hybridized carbons (Fsp3) is 0.933. The van der Waals surface area contributed by atoms with E-state index in [1.807, 2.05) is 0 Å². The lowest BCUT2D eigenvalue weighted by molar-refractivity contribution is -0.127. The summed E-state index contributed by atoms with van der Waals surface area (Å²) in [5.41, 5.74) is 5.88. The van der Waals surface area contributed by atoms with Gasteiger partial charge in [0.25, 0.3) is 0 Å². The second-order valence-electron chi connectivity index (χ2n) is 6.60. The Bertz CT molecular complexity index is 342. The third-order valence-electron chi connectivity index (χ3n) is 5.11. The zero-order valence-corrected chi connectivity index (χ0v) is 12.2. The van der Waals surface area contributed by atoms with E-state index in [4.69, 9.17) is 10.5 Å². The van der Waals surface area contributed by atoms with Crippen LogP contribution in [0.4, 0.5) is 0 Å². The molecule has 2 atom stereocenters. The van der Waals surface area contributed by atoms with Crippen LogP contribution in [0.15, 0.2) is 0 Å². The Kier molecular flexibility index (Phi) is 4.58. The van der Waals surface area contributed by atoms with Crippen LogP contribution < -0.4 is 11.1 Å². The first-order valence-corrected chi connectivity index (χ1v) is 8.11. The molecule has 2 heterocycles. The lowest BCUT2D eigenvalue weighted by Crippen LogP contribution is -2.50. The molecule has 20 heavy (non-hydrogen) atoms. The molecule has 0 spiro atoms. The largest absolute Gasteiger partial charge is 0.373 e. The second-order valence-corrected chi connectivity index (χ2v) is 6.60. The molecular weight excluding hydrogens is 254 g/mol. The van der Waals surface area contributed by atoms with Crippen LogP contribution in [0.25, 0.3) is 0 Å². The standard InChI is InChI=1S/C15H27N3O2/c16-12-5-3-11(4-6-12)15(19)17-8-14-9-18-7-1-2-13(18)10-20-14/h11-14H,1-10,16H2,(H,17,19). The normalized spacial score (nSPS) is 38.5. The van der Waals surface area contributed by atoms with Gasteiger partial charge in [0.2, 0.25) is 5.91 Å². The van der Waals surface area contributed by atoms with E-state index in [1.165, 1.54) is 19.4 Å². The summed E-state index contributed by atoms with van der Waals surface area (Å²) in [6.07, 6.45) is 6.55. The van der Waals surface area contributed by atoms with Crippen molar-refractivity contribution in [3.63, 3.8) is 0 Å². The maximum atomic E-state index is 12.2. The minimum Gasteiger partial charge on any atom is -0.373 e. The molecule has 3 N–H and O–H groups in total. The van der Waals surface area contributed by atoms with Gasteiger partial charge in [-0.1, -0.05) is 0 Å². The summed E-state index contributed by atoms with van der Waals surface area (Å²) in [7, 11) is 0. The summed E-state index contributed by atoms with van der Waals surface area (Å²) in [4.78, 5) is 14.7. The molecule has 3 fully saturated rings. The molecule has 1 saturated carbocycles. The highest BCUT2D eigenvalue weighted by Crippen LogP contribution is 2.24. The molecule has 1 aliphatic carbocycles. The number of carbonyl (C=O) groups excluding carboxylic acids is 1. The summed E-state index contributed by atoms with van der Waals surface area (Å²) >= 11 is 0. The summed E-state index contributed by atoms with van der Waals surface area (Å²) < 4.78 is 5.87. The molecule has 2 unspecified atom stereocenters. The maximum Gasteiger partial charge on any atom is 0.223 e. The number of fused-ring (bicyclic) bond motifs is 1.